The maximum absolute atomic E-state index is 12.4. The van der Waals surface area contributed by atoms with Gasteiger partial charge < -0.3 is 38.5 Å². The molecule has 0 amide bonds. The normalized spacial score (nSPS) is 12.2. The van der Waals surface area contributed by atoms with Crippen LogP contribution in [0.5, 0.6) is 11.5 Å². The first-order valence-corrected chi connectivity index (χ1v) is 12.6. The minimum absolute atomic E-state index is 0.0622. The Kier molecular flexibility index (Phi) is 15.2. The second-order valence-electron chi connectivity index (χ2n) is 8.75. The van der Waals surface area contributed by atoms with Crippen LogP contribution in [0.25, 0.3) is 0 Å². The van der Waals surface area contributed by atoms with Crippen molar-refractivity contribution >= 4 is 24.4 Å². The minimum Gasteiger partial charge on any atom is -0.468 e. The highest BCUT2D eigenvalue weighted by Crippen LogP contribution is 2.30. The van der Waals surface area contributed by atoms with Gasteiger partial charge in [0.05, 0.1) is 26.9 Å². The summed E-state index contributed by atoms with van der Waals surface area (Å²) < 4.78 is 35.4. The van der Waals surface area contributed by atoms with Crippen molar-refractivity contribution < 1.29 is 52.3 Å². The van der Waals surface area contributed by atoms with Crippen LogP contribution >= 0.6 is 0 Å². The zero-order chi connectivity index (χ0) is 28.5. The lowest BCUT2D eigenvalue weighted by molar-refractivity contribution is -0.143. The van der Waals surface area contributed by atoms with Gasteiger partial charge in [-0.25, -0.2) is 14.4 Å². The molecule has 1 aromatic rings. The molecule has 1 aromatic carbocycles. The Morgan fingerprint density at radius 1 is 0.842 bits per heavy atom. The van der Waals surface area contributed by atoms with Crippen molar-refractivity contribution in [2.45, 2.75) is 66.0 Å². The van der Waals surface area contributed by atoms with Crippen molar-refractivity contribution in [2.75, 3.05) is 33.5 Å². The van der Waals surface area contributed by atoms with Gasteiger partial charge in [-0.1, -0.05) is 33.8 Å². The number of methoxy groups -OCH3 is 1. The van der Waals surface area contributed by atoms with Crippen LogP contribution < -0.4 is 14.8 Å². The molecule has 0 aliphatic heterocycles. The number of ether oxygens (including phenoxy) is 7. The average Bonchev–Trinajstić information content (AvgIpc) is 2.88. The molecule has 2 atom stereocenters. The Hall–Kier alpha value is -3.54. The zero-order valence-corrected chi connectivity index (χ0v) is 22.9. The largest absolute Gasteiger partial charge is 0.513 e. The fourth-order valence-corrected chi connectivity index (χ4v) is 2.85. The van der Waals surface area contributed by atoms with Gasteiger partial charge in [0.15, 0.2) is 11.5 Å². The molecule has 0 aliphatic carbocycles. The maximum Gasteiger partial charge on any atom is 0.513 e. The van der Waals surface area contributed by atoms with Gasteiger partial charge in [0.25, 0.3) is 0 Å². The predicted octanol–water partition coefficient (Wildman–Crippen LogP) is 4.41. The molecule has 12 heteroatoms. The van der Waals surface area contributed by atoms with Crippen LogP contribution in [0.2, 0.25) is 0 Å². The fourth-order valence-electron chi connectivity index (χ4n) is 2.85. The Labute approximate surface area is 223 Å². The van der Waals surface area contributed by atoms with Crippen molar-refractivity contribution in [1.29, 1.82) is 0 Å². The molecule has 0 bridgehead atoms. The van der Waals surface area contributed by atoms with E-state index in [1.54, 1.807) is 13.0 Å². The van der Waals surface area contributed by atoms with E-state index in [9.17, 15) is 19.2 Å². The molecule has 0 aliphatic rings. The summed E-state index contributed by atoms with van der Waals surface area (Å²) in [6.45, 7) is 9.79. The van der Waals surface area contributed by atoms with Crippen LogP contribution in [-0.2, 0) is 34.9 Å². The summed E-state index contributed by atoms with van der Waals surface area (Å²) in [6, 6.07) is 3.61. The summed E-state index contributed by atoms with van der Waals surface area (Å²) in [5, 5.41) is 3.00. The second-order valence-corrected chi connectivity index (χ2v) is 8.75. The molecule has 0 fully saturated rings. The average molecular weight is 542 g/mol. The van der Waals surface area contributed by atoms with E-state index in [1.807, 2.05) is 27.7 Å². The van der Waals surface area contributed by atoms with Crippen molar-refractivity contribution in [3.63, 3.8) is 0 Å². The zero-order valence-electron chi connectivity index (χ0n) is 22.9. The quantitative estimate of drug-likeness (QED) is 0.191. The number of carbonyl (C=O) groups is 4. The summed E-state index contributed by atoms with van der Waals surface area (Å²) in [4.78, 5) is 48.2. The molecule has 1 N–H and O–H groups in total. The summed E-state index contributed by atoms with van der Waals surface area (Å²) in [6.07, 6.45) is -2.03. The molecule has 1 rings (SSSR count). The van der Waals surface area contributed by atoms with Crippen LogP contribution in [0.1, 0.15) is 53.0 Å². The fraction of sp³-hybridized carbons (Fsp3) is 0.615. The van der Waals surface area contributed by atoms with Crippen molar-refractivity contribution in [3.05, 3.63) is 23.8 Å². The Morgan fingerprint density at radius 3 is 2.00 bits per heavy atom. The van der Waals surface area contributed by atoms with Crippen LogP contribution in [-0.4, -0.2) is 70.1 Å². The van der Waals surface area contributed by atoms with Crippen LogP contribution in [0, 0.1) is 5.92 Å². The van der Waals surface area contributed by atoms with Gasteiger partial charge in [0.2, 0.25) is 0 Å². The van der Waals surface area contributed by atoms with E-state index in [2.05, 4.69) is 5.32 Å². The molecule has 12 nitrogen and oxygen atoms in total. The molecule has 0 spiro atoms. The summed E-state index contributed by atoms with van der Waals surface area (Å²) >= 11 is 0. The minimum atomic E-state index is -0.978. The SMILES string of the molecule is CCCOC(=O)Oc1ccc(C[C@H](NCC(C)OC(=O)OCC(C)C)C(=O)OC)cc1OC(=O)OCCC. The Balaban J connectivity index is 2.97. The highest BCUT2D eigenvalue weighted by Gasteiger charge is 2.23. The molecular weight excluding hydrogens is 502 g/mol. The van der Waals surface area contributed by atoms with Crippen LogP contribution in [0.4, 0.5) is 14.4 Å². The molecule has 1 unspecified atom stereocenters. The number of hydrogen-bond acceptors (Lipinski definition) is 12. The molecule has 0 aromatic heterocycles. The molecule has 0 saturated heterocycles. The molecule has 0 saturated carbocycles. The smallest absolute Gasteiger partial charge is 0.468 e. The third-order valence-corrected chi connectivity index (χ3v) is 4.65. The summed E-state index contributed by atoms with van der Waals surface area (Å²) in [5.41, 5.74) is 0.547. The van der Waals surface area contributed by atoms with Gasteiger partial charge in [-0.05, 0) is 49.8 Å². The first kappa shape index (κ1) is 32.5. The van der Waals surface area contributed by atoms with E-state index in [0.29, 0.717) is 18.4 Å². The lowest BCUT2D eigenvalue weighted by Gasteiger charge is -2.20. The van der Waals surface area contributed by atoms with Crippen LogP contribution in [0.3, 0.4) is 0 Å². The molecule has 0 heterocycles. The predicted molar refractivity (Wildman–Crippen MR) is 135 cm³/mol. The van der Waals surface area contributed by atoms with E-state index in [1.165, 1.54) is 19.2 Å². The van der Waals surface area contributed by atoms with Crippen molar-refractivity contribution in [3.8, 4) is 11.5 Å². The van der Waals surface area contributed by atoms with E-state index in [0.717, 1.165) is 0 Å². The number of hydrogen-bond donors (Lipinski definition) is 1. The topological polar surface area (TPSA) is 145 Å². The highest BCUT2D eigenvalue weighted by molar-refractivity contribution is 5.76. The van der Waals surface area contributed by atoms with E-state index in [4.69, 9.17) is 33.2 Å². The first-order valence-electron chi connectivity index (χ1n) is 12.6. The third kappa shape index (κ3) is 13.1. The lowest BCUT2D eigenvalue weighted by Crippen LogP contribution is -2.43. The van der Waals surface area contributed by atoms with Gasteiger partial charge in [0, 0.05) is 6.54 Å². The first-order chi connectivity index (χ1) is 18.1. The number of esters is 1. The van der Waals surface area contributed by atoms with Crippen molar-refractivity contribution in [1.82, 2.24) is 5.32 Å². The number of carbonyl (C=O) groups excluding carboxylic acids is 4. The Morgan fingerprint density at radius 2 is 1.45 bits per heavy atom. The van der Waals surface area contributed by atoms with Gasteiger partial charge in [-0.2, -0.15) is 0 Å². The van der Waals surface area contributed by atoms with Crippen LogP contribution in [0.15, 0.2) is 18.2 Å². The lowest BCUT2D eigenvalue weighted by atomic mass is 10.0. The van der Waals surface area contributed by atoms with Crippen molar-refractivity contribution in [2.24, 2.45) is 5.92 Å². The standard InChI is InChI=1S/C26H39NO11/c1-7-11-33-24(29)37-21-10-9-19(14-22(21)38-25(30)34-12-8-2)13-20(23(28)32-6)27-15-18(5)36-26(31)35-16-17(3)4/h9-10,14,17-18,20,27H,7-8,11-13,15-16H2,1-6H3/t18?,20-/m0/s1. The van der Waals surface area contributed by atoms with Gasteiger partial charge in [-0.3, -0.25) is 4.79 Å². The van der Waals surface area contributed by atoms with E-state index < -0.39 is 36.6 Å². The molecular formula is C26H39NO11. The molecule has 38 heavy (non-hydrogen) atoms. The monoisotopic (exact) mass is 541 g/mol. The number of rotatable bonds is 15. The third-order valence-electron chi connectivity index (χ3n) is 4.65. The van der Waals surface area contributed by atoms with Gasteiger partial charge in [-0.15, -0.1) is 0 Å². The maximum atomic E-state index is 12.4. The van der Waals surface area contributed by atoms with Gasteiger partial charge >= 0.3 is 24.4 Å². The van der Waals surface area contributed by atoms with E-state index >= 15 is 0 Å². The van der Waals surface area contributed by atoms with E-state index in [-0.39, 0.29) is 50.2 Å². The number of nitrogens with one attached hydrogen (secondary N) is 1. The molecule has 214 valence electrons. The van der Waals surface area contributed by atoms with Gasteiger partial charge in [0.1, 0.15) is 12.1 Å². The Bertz CT molecular complexity index is 903. The second kappa shape index (κ2) is 17.8. The summed E-state index contributed by atoms with van der Waals surface area (Å²) in [5.74, 6) is -0.549. The summed E-state index contributed by atoms with van der Waals surface area (Å²) in [7, 11) is 1.25. The highest BCUT2D eigenvalue weighted by atomic mass is 16.7. The number of benzene rings is 1. The molecule has 0 radical (unpaired) electrons.